The lowest BCUT2D eigenvalue weighted by Gasteiger charge is -2.23. The van der Waals surface area contributed by atoms with E-state index in [1.165, 1.54) is 51.5 Å². The first-order chi connectivity index (χ1) is 60.3. The topological polar surface area (TPSA) is 353 Å². The Morgan fingerprint density at radius 3 is 0.953 bits per heavy atom. The Kier molecular flexibility index (Phi) is 65.1. The fourth-order valence-corrected chi connectivity index (χ4v) is 9.26. The molecule has 0 bridgehead atoms. The summed E-state index contributed by atoms with van der Waals surface area (Å²) in [7, 11) is 0. The molecule has 7 aromatic carbocycles. The monoisotopic (exact) mass is 1780 g/mol. The van der Waals surface area contributed by atoms with Gasteiger partial charge in [0.1, 0.15) is 70.1 Å². The van der Waals surface area contributed by atoms with Gasteiger partial charge in [0.25, 0.3) is 0 Å². The predicted octanol–water partition coefficient (Wildman–Crippen LogP) is 21.9. The van der Waals surface area contributed by atoms with Crippen LogP contribution in [0, 0.1) is 11.8 Å². The molecule has 2 N–H and O–H groups in total. The van der Waals surface area contributed by atoms with Gasteiger partial charge in [-0.1, -0.05) is 234 Å². The molecule has 0 saturated heterocycles. The SMILES string of the molecule is C.C=CCOC(=O)NC(CC(C)C)C(=O)OCOc1ccccc1.CC(=O)OCOc1ccccc1.CC(C)(C)OC(=O)OCOc1ccccc1.CC(C)CC(NC(=O)OC(C)(C)C)C(=O)OCOc1ccccc1.CC(C)OC(=O)OCOc1ccccc1.CCCC(=O)OCOc1ccccc1.CCCCCCCCCCOC(=O)OCOc1ccccc1. The smallest absolute Gasteiger partial charge is 0.457 e. The number of nitrogens with one attached hydrogen (secondary N) is 2. The molecule has 0 radical (unpaired) electrons. The molecule has 0 aromatic heterocycles. The fourth-order valence-electron chi connectivity index (χ4n) is 9.26. The van der Waals surface area contributed by atoms with Crippen LogP contribution >= 0.6 is 0 Å². The summed E-state index contributed by atoms with van der Waals surface area (Å²) in [5, 5.41) is 5.05. The molecular weight excluding hydrogens is 1640 g/mol. The lowest BCUT2D eigenvalue weighted by molar-refractivity contribution is -0.154. The van der Waals surface area contributed by atoms with Crippen molar-refractivity contribution in [2.45, 2.75) is 218 Å². The molecule has 2 amide bonds. The Labute approximate surface area is 750 Å². The number of hydrogen-bond donors (Lipinski definition) is 2. The van der Waals surface area contributed by atoms with E-state index in [1.807, 2.05) is 174 Å². The maximum Gasteiger partial charge on any atom is 0.511 e. The minimum absolute atomic E-state index is 0. The van der Waals surface area contributed by atoms with E-state index in [1.54, 1.807) is 128 Å². The van der Waals surface area contributed by atoms with E-state index in [2.05, 4.69) is 33.6 Å². The third-order valence-electron chi connectivity index (χ3n) is 14.9. The molecule has 30 nitrogen and oxygen atoms in total. The number of amides is 2. The zero-order valence-electron chi connectivity index (χ0n) is 75.7. The summed E-state index contributed by atoms with van der Waals surface area (Å²) in [6.45, 7) is 30.4. The summed E-state index contributed by atoms with van der Waals surface area (Å²) in [5.74, 6) is 3.28. The van der Waals surface area contributed by atoms with Gasteiger partial charge in [0.05, 0.1) is 12.7 Å². The number of benzene rings is 7. The van der Waals surface area contributed by atoms with E-state index >= 15 is 0 Å². The molecule has 2 unspecified atom stereocenters. The Morgan fingerprint density at radius 2 is 0.646 bits per heavy atom. The van der Waals surface area contributed by atoms with Crippen LogP contribution in [0.2, 0.25) is 0 Å². The Hall–Kier alpha value is -12.9. The molecule has 702 valence electrons. The van der Waals surface area contributed by atoms with E-state index in [0.29, 0.717) is 66.1 Å². The lowest BCUT2D eigenvalue weighted by Crippen LogP contribution is -2.45. The van der Waals surface area contributed by atoms with E-state index in [0.717, 1.165) is 19.3 Å². The van der Waals surface area contributed by atoms with Crippen molar-refractivity contribution in [3.63, 3.8) is 0 Å². The third-order valence-corrected chi connectivity index (χ3v) is 14.9. The van der Waals surface area contributed by atoms with Crippen LogP contribution in [0.15, 0.2) is 225 Å². The normalized spacial score (nSPS) is 10.6. The minimum atomic E-state index is -0.785. The number of hydrogen-bond acceptors (Lipinski definition) is 28. The van der Waals surface area contributed by atoms with Gasteiger partial charge in [0.2, 0.25) is 47.6 Å². The van der Waals surface area contributed by atoms with Crippen LogP contribution in [-0.2, 0) is 76.0 Å². The highest BCUT2D eigenvalue weighted by atomic mass is 16.8. The number of para-hydroxylation sites is 7. The molecule has 7 rings (SSSR count). The summed E-state index contributed by atoms with van der Waals surface area (Å²) < 4.78 is 94.9. The summed E-state index contributed by atoms with van der Waals surface area (Å²) in [5.41, 5.74) is -1.18. The average Bonchev–Trinajstić information content (AvgIpc) is 0.889. The molecule has 0 aliphatic carbocycles. The van der Waals surface area contributed by atoms with Crippen LogP contribution in [0.25, 0.3) is 0 Å². The molecule has 0 aliphatic heterocycles. The summed E-state index contributed by atoms with van der Waals surface area (Å²) >= 11 is 0. The number of rotatable bonds is 43. The van der Waals surface area contributed by atoms with Crippen LogP contribution in [0.5, 0.6) is 40.2 Å². The van der Waals surface area contributed by atoms with Gasteiger partial charge in [-0.05, 0) is 178 Å². The highest BCUT2D eigenvalue weighted by Crippen LogP contribution is 2.18. The summed E-state index contributed by atoms with van der Waals surface area (Å²) in [6, 6.07) is 62.3. The van der Waals surface area contributed by atoms with Crippen LogP contribution in [0.3, 0.4) is 0 Å². The maximum atomic E-state index is 12.2. The van der Waals surface area contributed by atoms with E-state index in [-0.39, 0.29) is 91.5 Å². The fraction of sp³-hybridized carbons (Fsp3) is 0.454. The van der Waals surface area contributed by atoms with Gasteiger partial charge in [-0.3, -0.25) is 9.59 Å². The molecule has 2 atom stereocenters. The van der Waals surface area contributed by atoms with Crippen molar-refractivity contribution in [2.75, 3.05) is 60.8 Å². The Balaban J connectivity index is 0.00000147. The number of carbonyl (C=O) groups is 9. The van der Waals surface area contributed by atoms with Crippen molar-refractivity contribution >= 4 is 54.5 Å². The predicted molar refractivity (Wildman–Crippen MR) is 481 cm³/mol. The second kappa shape index (κ2) is 72.4. The van der Waals surface area contributed by atoms with Gasteiger partial charge >= 0.3 is 54.5 Å². The van der Waals surface area contributed by atoms with Crippen LogP contribution in [0.1, 0.15) is 188 Å². The van der Waals surface area contributed by atoms with Gasteiger partial charge in [-0.2, -0.15) is 0 Å². The van der Waals surface area contributed by atoms with E-state index in [9.17, 15) is 43.2 Å². The van der Waals surface area contributed by atoms with Gasteiger partial charge in [-0.25, -0.2) is 33.6 Å². The second-order valence-electron chi connectivity index (χ2n) is 29.8. The largest absolute Gasteiger partial charge is 0.511 e. The van der Waals surface area contributed by atoms with Crippen molar-refractivity contribution in [3.8, 4) is 40.2 Å². The van der Waals surface area contributed by atoms with Crippen LogP contribution < -0.4 is 43.8 Å². The number of alkyl carbamates (subject to hydrolysis) is 2. The Morgan fingerprint density at radius 1 is 0.346 bits per heavy atom. The highest BCUT2D eigenvalue weighted by molar-refractivity contribution is 5.82. The number of carbonyl (C=O) groups excluding carboxylic acids is 9. The molecule has 0 heterocycles. The van der Waals surface area contributed by atoms with Gasteiger partial charge in [0, 0.05) is 13.3 Å². The van der Waals surface area contributed by atoms with Crippen molar-refractivity contribution in [2.24, 2.45) is 11.8 Å². The standard InChI is InChI=1S/C18H27NO5.C18H28O4.C17H23NO5.C12H16O4.C11H14O4.C11H14O3.C9H10O3.CH4/c1-13(2)11-15(19-17(21)24-18(3,4)5)16(20)23-12-22-14-9-7-6-8-10-14;1-2-3-4-5-6-7-8-12-15-20-18(19)22-16-21-17-13-10-9-11-14-17;1-4-10-21-17(20)18-15(11-13(2)3)16(19)23-12-22-14-8-6-5-7-9-14;1-12(2,3)16-11(13)15-9-14-10-7-5-4-6-8-10;1-9(2)15-11(12)14-8-13-10-6-4-3-5-7-10;1-2-6-11(12)14-9-13-10-7-4-3-5-8-10;1-8(10)11-7-12-9-5-3-2-4-6-9;/h6-10,13,15H,11-12H2,1-5H3,(H,19,21);9-11,13-14H,2-8,12,15-16H2,1H3;4-9,13,15H,1,10-12H2,2-3H3,(H,18,20);4-8H,9H2,1-3H3;3-7,9H,8H2,1-2H3;3-5,7-8H,2,6,9H2,1H3;2-6H,7H2,1H3;1H4. The maximum absolute atomic E-state index is 12.2. The Bertz CT molecular complexity index is 3970. The molecule has 0 aliphatic rings. The van der Waals surface area contributed by atoms with Crippen molar-refractivity contribution < 1.29 is 133 Å². The van der Waals surface area contributed by atoms with Crippen molar-refractivity contribution in [1.82, 2.24) is 10.6 Å². The first kappa shape index (κ1) is 114. The molecule has 0 spiro atoms. The first-order valence-corrected chi connectivity index (χ1v) is 41.7. The average molecular weight is 1780 g/mol. The first-order valence-electron chi connectivity index (χ1n) is 41.7. The van der Waals surface area contributed by atoms with E-state index in [4.69, 9.17) is 80.5 Å². The molecule has 30 heteroatoms. The zero-order valence-corrected chi connectivity index (χ0v) is 75.7. The second-order valence-corrected chi connectivity index (χ2v) is 29.8. The van der Waals surface area contributed by atoms with Gasteiger partial charge in [-0.15, -0.1) is 0 Å². The number of ether oxygens (including phenoxy) is 19. The van der Waals surface area contributed by atoms with E-state index < -0.39 is 65.9 Å². The molecule has 127 heavy (non-hydrogen) atoms. The quantitative estimate of drug-likeness (QED) is 0.0118. The lowest BCUT2D eigenvalue weighted by atomic mass is 10.0. The summed E-state index contributed by atoms with van der Waals surface area (Å²) in [4.78, 5) is 102. The highest BCUT2D eigenvalue weighted by Gasteiger charge is 2.28. The van der Waals surface area contributed by atoms with Gasteiger partial charge in [0.15, 0.2) is 0 Å². The van der Waals surface area contributed by atoms with Crippen LogP contribution in [-0.4, -0.2) is 145 Å². The minimum Gasteiger partial charge on any atom is -0.457 e. The zero-order chi connectivity index (χ0) is 93.3. The molecule has 0 saturated carbocycles. The third kappa shape index (κ3) is 70.1. The number of esters is 4. The number of unbranched alkanes of at least 4 members (excludes halogenated alkanes) is 7. The molecular formula is C97H136N2O28. The van der Waals surface area contributed by atoms with Crippen LogP contribution in [0.4, 0.5) is 24.0 Å². The molecule has 0 fully saturated rings. The van der Waals surface area contributed by atoms with Crippen molar-refractivity contribution in [3.05, 3.63) is 225 Å². The van der Waals surface area contributed by atoms with Crippen molar-refractivity contribution in [1.29, 1.82) is 0 Å². The summed E-state index contributed by atoms with van der Waals surface area (Å²) in [6.07, 6.45) is 9.67. The van der Waals surface area contributed by atoms with Gasteiger partial charge < -0.3 is 101 Å². The molecule has 7 aromatic rings.